The van der Waals surface area contributed by atoms with Crippen LogP contribution < -0.4 is 0 Å². The molecule has 0 aromatic heterocycles. The first kappa shape index (κ1) is 21.7. The van der Waals surface area contributed by atoms with Crippen molar-refractivity contribution in [2.75, 3.05) is 6.61 Å². The lowest BCUT2D eigenvalue weighted by atomic mass is 9.98. The molecule has 3 fully saturated rings. The Morgan fingerprint density at radius 3 is 2.40 bits per heavy atom. The lowest BCUT2D eigenvalue weighted by Crippen LogP contribution is -2.48. The van der Waals surface area contributed by atoms with Crippen molar-refractivity contribution in [1.29, 1.82) is 0 Å². The Labute approximate surface area is 177 Å². The smallest absolute Gasteiger partial charge is 0.304 e. The molecule has 1 aromatic carbocycles. The zero-order valence-electron chi connectivity index (χ0n) is 18.2. The van der Waals surface area contributed by atoms with E-state index in [0.29, 0.717) is 19.6 Å². The maximum atomic E-state index is 11.5. The van der Waals surface area contributed by atoms with Crippen LogP contribution in [-0.4, -0.2) is 59.9 Å². The van der Waals surface area contributed by atoms with Crippen LogP contribution in [0.4, 0.5) is 0 Å². The van der Waals surface area contributed by atoms with Gasteiger partial charge in [0, 0.05) is 19.9 Å². The first-order valence-electron chi connectivity index (χ1n) is 10.4. The molecular formula is C22H31NO7. The van der Waals surface area contributed by atoms with Gasteiger partial charge in [0.05, 0.1) is 12.6 Å². The Morgan fingerprint density at radius 2 is 1.77 bits per heavy atom. The highest BCUT2D eigenvalue weighted by atomic mass is 16.8. The fourth-order valence-corrected chi connectivity index (χ4v) is 4.34. The highest BCUT2D eigenvalue weighted by Crippen LogP contribution is 2.41. The third kappa shape index (κ3) is 4.85. The van der Waals surface area contributed by atoms with Crippen molar-refractivity contribution in [2.24, 2.45) is 0 Å². The van der Waals surface area contributed by atoms with Crippen LogP contribution in [0.5, 0.6) is 0 Å². The summed E-state index contributed by atoms with van der Waals surface area (Å²) in [5, 5.41) is 1.84. The molecular weight excluding hydrogens is 390 g/mol. The molecule has 3 aliphatic rings. The van der Waals surface area contributed by atoms with Crippen LogP contribution in [0.1, 0.15) is 46.6 Å². The number of hydrogen-bond acceptors (Lipinski definition) is 8. The Kier molecular flexibility index (Phi) is 5.91. The monoisotopic (exact) mass is 421 g/mol. The van der Waals surface area contributed by atoms with E-state index in [2.05, 4.69) is 0 Å². The third-order valence-corrected chi connectivity index (χ3v) is 5.48. The number of hydrogen-bond donors (Lipinski definition) is 0. The van der Waals surface area contributed by atoms with Crippen molar-refractivity contribution in [2.45, 2.75) is 89.8 Å². The molecule has 0 saturated carbocycles. The molecule has 0 aliphatic carbocycles. The number of esters is 1. The number of ether oxygens (including phenoxy) is 5. The van der Waals surface area contributed by atoms with E-state index in [1.807, 2.05) is 63.1 Å². The van der Waals surface area contributed by atoms with Crippen molar-refractivity contribution in [3.8, 4) is 0 Å². The van der Waals surface area contributed by atoms with E-state index < -0.39 is 17.9 Å². The topological polar surface area (TPSA) is 75.7 Å². The van der Waals surface area contributed by atoms with Crippen molar-refractivity contribution in [1.82, 2.24) is 5.06 Å². The van der Waals surface area contributed by atoms with E-state index in [1.54, 1.807) is 0 Å². The van der Waals surface area contributed by atoms with Gasteiger partial charge in [0.2, 0.25) is 6.29 Å². The van der Waals surface area contributed by atoms with Crippen LogP contribution in [0.25, 0.3) is 0 Å². The van der Waals surface area contributed by atoms with Crippen molar-refractivity contribution < 1.29 is 33.3 Å². The second kappa shape index (κ2) is 8.18. The molecule has 8 heteroatoms. The molecule has 8 nitrogen and oxygen atoms in total. The average Bonchev–Trinajstić information content (AvgIpc) is 3.30. The largest absolute Gasteiger partial charge is 0.434 e. The van der Waals surface area contributed by atoms with Crippen LogP contribution in [0.3, 0.4) is 0 Å². The Bertz CT molecular complexity index is 753. The number of nitrogens with zero attached hydrogens (tertiary/aromatic N) is 1. The fourth-order valence-electron chi connectivity index (χ4n) is 4.34. The molecule has 0 N–H and O–H groups in total. The summed E-state index contributed by atoms with van der Waals surface area (Å²) in [7, 11) is 0. The fraction of sp³-hybridized carbons (Fsp3) is 0.682. The number of carbonyl (C=O) groups excluding carboxylic acids is 1. The second-order valence-corrected chi connectivity index (χ2v) is 8.94. The molecule has 3 saturated heterocycles. The molecule has 0 radical (unpaired) electrons. The van der Waals surface area contributed by atoms with Gasteiger partial charge in [0.15, 0.2) is 11.6 Å². The predicted octanol–water partition coefficient (Wildman–Crippen LogP) is 2.75. The molecule has 5 atom stereocenters. The summed E-state index contributed by atoms with van der Waals surface area (Å²) in [4.78, 5) is 17.5. The van der Waals surface area contributed by atoms with E-state index in [-0.39, 0.29) is 30.3 Å². The molecule has 1 aromatic rings. The van der Waals surface area contributed by atoms with Gasteiger partial charge in [-0.3, -0.25) is 9.63 Å². The van der Waals surface area contributed by atoms with Gasteiger partial charge < -0.3 is 23.7 Å². The molecule has 0 bridgehead atoms. The molecule has 3 aliphatic heterocycles. The summed E-state index contributed by atoms with van der Waals surface area (Å²) in [6, 6.07) is 9.81. The first-order valence-corrected chi connectivity index (χ1v) is 10.4. The van der Waals surface area contributed by atoms with Gasteiger partial charge in [0.1, 0.15) is 18.3 Å². The van der Waals surface area contributed by atoms with E-state index in [1.165, 1.54) is 6.92 Å². The van der Waals surface area contributed by atoms with Crippen molar-refractivity contribution >= 4 is 5.97 Å². The number of benzene rings is 1. The van der Waals surface area contributed by atoms with Gasteiger partial charge in [-0.1, -0.05) is 30.3 Å². The van der Waals surface area contributed by atoms with Gasteiger partial charge in [0.25, 0.3) is 0 Å². The number of hydroxylamine groups is 2. The second-order valence-electron chi connectivity index (χ2n) is 8.94. The van der Waals surface area contributed by atoms with Crippen molar-refractivity contribution in [3.05, 3.63) is 35.9 Å². The average molecular weight is 421 g/mol. The highest BCUT2D eigenvalue weighted by molar-refractivity contribution is 5.66. The molecule has 30 heavy (non-hydrogen) atoms. The summed E-state index contributed by atoms with van der Waals surface area (Å²) >= 11 is 0. The maximum absolute atomic E-state index is 11.5. The van der Waals surface area contributed by atoms with E-state index >= 15 is 0 Å². The lowest BCUT2D eigenvalue weighted by Gasteiger charge is -2.30. The minimum absolute atomic E-state index is 0.186. The lowest BCUT2D eigenvalue weighted by molar-refractivity contribution is -0.246. The minimum Gasteiger partial charge on any atom is -0.434 e. The van der Waals surface area contributed by atoms with Crippen LogP contribution in [0.2, 0.25) is 0 Å². The van der Waals surface area contributed by atoms with Crippen LogP contribution in [-0.2, 0) is 39.9 Å². The van der Waals surface area contributed by atoms with Gasteiger partial charge in [-0.2, -0.15) is 5.06 Å². The van der Waals surface area contributed by atoms with Crippen LogP contribution in [0.15, 0.2) is 30.3 Å². The molecule has 3 heterocycles. The Morgan fingerprint density at radius 1 is 1.07 bits per heavy atom. The van der Waals surface area contributed by atoms with E-state index in [0.717, 1.165) is 5.56 Å². The van der Waals surface area contributed by atoms with Gasteiger partial charge >= 0.3 is 5.97 Å². The minimum atomic E-state index is -0.774. The zero-order valence-corrected chi connectivity index (χ0v) is 18.2. The SMILES string of the molecule is CC(=O)O[C@@H]1C[C@@H]([C@@H]2OC(C)(C)O[C@H]2[C@H]2COC(C)(C)O2)N(Cc2ccccc2)O1. The van der Waals surface area contributed by atoms with Crippen LogP contribution in [0, 0.1) is 0 Å². The highest BCUT2D eigenvalue weighted by Gasteiger charge is 2.55. The summed E-state index contributed by atoms with van der Waals surface area (Å²) < 4.78 is 29.8. The Balaban J connectivity index is 1.57. The maximum Gasteiger partial charge on any atom is 0.304 e. The summed E-state index contributed by atoms with van der Waals surface area (Å²) in [5.74, 6) is -1.82. The van der Waals surface area contributed by atoms with Gasteiger partial charge in [-0.25, -0.2) is 0 Å². The van der Waals surface area contributed by atoms with Crippen LogP contribution >= 0.6 is 0 Å². The molecule has 0 unspecified atom stereocenters. The van der Waals surface area contributed by atoms with E-state index in [4.69, 9.17) is 28.5 Å². The molecule has 0 amide bonds. The normalized spacial score (nSPS) is 35.6. The predicted molar refractivity (Wildman–Crippen MR) is 106 cm³/mol. The molecule has 0 spiro atoms. The number of carbonyl (C=O) groups is 1. The summed E-state index contributed by atoms with van der Waals surface area (Å²) in [5.41, 5.74) is 1.09. The first-order chi connectivity index (χ1) is 14.1. The quantitative estimate of drug-likeness (QED) is 0.672. The standard InChI is InChI=1S/C22H31NO7/c1-14(24)26-18-11-16(23(30-18)12-15-9-7-6-8-10-15)19-20(29-22(4,5)28-19)17-13-25-21(2,3)27-17/h6-10,16-20H,11-13H2,1-5H3/t16-,17+,18-,19-,20-/m0/s1. The molecule has 4 rings (SSSR count). The summed E-state index contributed by atoms with van der Waals surface area (Å²) in [6.07, 6.45) is -1.14. The van der Waals surface area contributed by atoms with E-state index in [9.17, 15) is 4.79 Å². The summed E-state index contributed by atoms with van der Waals surface area (Å²) in [6.45, 7) is 9.89. The zero-order chi connectivity index (χ0) is 21.5. The Hall–Kier alpha value is -1.55. The van der Waals surface area contributed by atoms with Gasteiger partial charge in [-0.15, -0.1) is 0 Å². The van der Waals surface area contributed by atoms with Crippen molar-refractivity contribution in [3.63, 3.8) is 0 Å². The number of rotatable bonds is 5. The third-order valence-electron chi connectivity index (χ3n) is 5.48. The molecule has 166 valence electrons. The van der Waals surface area contributed by atoms with Gasteiger partial charge in [-0.05, 0) is 33.3 Å².